The van der Waals surface area contributed by atoms with Crippen molar-refractivity contribution in [2.45, 2.75) is 52.5 Å². The van der Waals surface area contributed by atoms with Crippen molar-refractivity contribution in [1.29, 1.82) is 0 Å². The van der Waals surface area contributed by atoms with Crippen molar-refractivity contribution >= 4 is 15.9 Å². The van der Waals surface area contributed by atoms with Gasteiger partial charge in [-0.05, 0) is 76.6 Å². The van der Waals surface area contributed by atoms with Gasteiger partial charge in [0, 0.05) is 6.04 Å². The predicted molar refractivity (Wildman–Crippen MR) is 92.5 cm³/mol. The molecule has 1 aliphatic rings. The van der Waals surface area contributed by atoms with Crippen molar-refractivity contribution in [2.24, 2.45) is 23.0 Å². The van der Waals surface area contributed by atoms with E-state index in [0.717, 1.165) is 16.1 Å². The largest absolute Gasteiger partial charge is 0.496 e. The maximum atomic E-state index is 6.52. The molecule has 1 aliphatic carbocycles. The van der Waals surface area contributed by atoms with Gasteiger partial charge in [0.2, 0.25) is 0 Å². The quantitative estimate of drug-likeness (QED) is 0.798. The molecule has 0 radical (unpaired) electrons. The summed E-state index contributed by atoms with van der Waals surface area (Å²) in [6.07, 6.45) is 5.10. The Bertz CT molecular complexity index is 473. The number of rotatable bonds is 3. The van der Waals surface area contributed by atoms with Gasteiger partial charge < -0.3 is 10.5 Å². The second-order valence-electron chi connectivity index (χ2n) is 7.40. The normalized spacial score (nSPS) is 24.7. The second kappa shape index (κ2) is 6.70. The zero-order chi connectivity index (χ0) is 15.6. The topological polar surface area (TPSA) is 35.2 Å². The van der Waals surface area contributed by atoms with Gasteiger partial charge in [-0.3, -0.25) is 0 Å². The highest BCUT2D eigenvalue weighted by molar-refractivity contribution is 9.10. The maximum Gasteiger partial charge on any atom is 0.133 e. The number of hydrogen-bond acceptors (Lipinski definition) is 2. The molecular formula is C18H28BrNO. The van der Waals surface area contributed by atoms with E-state index in [-0.39, 0.29) is 6.04 Å². The van der Waals surface area contributed by atoms with Crippen LogP contribution in [0.15, 0.2) is 22.7 Å². The Morgan fingerprint density at radius 2 is 1.81 bits per heavy atom. The molecule has 1 aromatic carbocycles. The SMILES string of the molecule is COc1ccc(C(N)C2CCC(C(C)(C)C)CC2)cc1Br. The third kappa shape index (κ3) is 4.01. The van der Waals surface area contributed by atoms with Crippen molar-refractivity contribution in [3.8, 4) is 5.75 Å². The van der Waals surface area contributed by atoms with Gasteiger partial charge in [0.05, 0.1) is 11.6 Å². The molecule has 21 heavy (non-hydrogen) atoms. The van der Waals surface area contributed by atoms with Gasteiger partial charge in [-0.2, -0.15) is 0 Å². The summed E-state index contributed by atoms with van der Waals surface area (Å²) < 4.78 is 6.28. The van der Waals surface area contributed by atoms with E-state index in [1.54, 1.807) is 7.11 Å². The lowest BCUT2D eigenvalue weighted by atomic mass is 9.68. The first kappa shape index (κ1) is 16.8. The fourth-order valence-corrected chi connectivity index (χ4v) is 4.06. The Balaban J connectivity index is 2.02. The van der Waals surface area contributed by atoms with Crippen LogP contribution in [0.2, 0.25) is 0 Å². The molecule has 1 aromatic rings. The third-order valence-electron chi connectivity index (χ3n) is 5.07. The number of hydrogen-bond donors (Lipinski definition) is 1. The molecular weight excluding hydrogens is 326 g/mol. The molecule has 1 fully saturated rings. The van der Waals surface area contributed by atoms with Crippen molar-refractivity contribution < 1.29 is 4.74 Å². The standard InChI is InChI=1S/C18H28BrNO/c1-18(2,3)14-8-5-12(6-9-14)17(20)13-7-10-16(21-4)15(19)11-13/h7,10-12,14,17H,5-6,8-9,20H2,1-4H3. The first-order valence-electron chi connectivity index (χ1n) is 7.92. The number of halogens is 1. The molecule has 0 spiro atoms. The molecule has 3 heteroatoms. The van der Waals surface area contributed by atoms with Gasteiger partial charge in [-0.1, -0.05) is 26.8 Å². The second-order valence-corrected chi connectivity index (χ2v) is 8.25. The summed E-state index contributed by atoms with van der Waals surface area (Å²) >= 11 is 3.55. The van der Waals surface area contributed by atoms with Crippen LogP contribution in [0.3, 0.4) is 0 Å². The molecule has 2 nitrogen and oxygen atoms in total. The molecule has 118 valence electrons. The van der Waals surface area contributed by atoms with E-state index in [2.05, 4.69) is 48.8 Å². The summed E-state index contributed by atoms with van der Waals surface area (Å²) in [5.74, 6) is 2.30. The van der Waals surface area contributed by atoms with Crippen LogP contribution in [0.1, 0.15) is 58.1 Å². The molecule has 2 rings (SSSR count). The van der Waals surface area contributed by atoms with E-state index < -0.39 is 0 Å². The van der Waals surface area contributed by atoms with Crippen LogP contribution in [0, 0.1) is 17.3 Å². The Hall–Kier alpha value is -0.540. The van der Waals surface area contributed by atoms with Crippen LogP contribution >= 0.6 is 15.9 Å². The lowest BCUT2D eigenvalue weighted by Crippen LogP contribution is -2.30. The van der Waals surface area contributed by atoms with Crippen LogP contribution in [0.4, 0.5) is 0 Å². The predicted octanol–water partition coefficient (Wildman–Crippen LogP) is 5.31. The molecule has 0 saturated heterocycles. The Kier molecular flexibility index (Phi) is 5.37. The summed E-state index contributed by atoms with van der Waals surface area (Å²) in [5, 5.41) is 0. The number of methoxy groups -OCH3 is 1. The fraction of sp³-hybridized carbons (Fsp3) is 0.667. The number of ether oxygens (including phenoxy) is 1. The molecule has 2 N–H and O–H groups in total. The van der Waals surface area contributed by atoms with Gasteiger partial charge >= 0.3 is 0 Å². The highest BCUT2D eigenvalue weighted by Gasteiger charge is 2.32. The van der Waals surface area contributed by atoms with E-state index in [1.807, 2.05) is 6.07 Å². The molecule has 0 aliphatic heterocycles. The zero-order valence-electron chi connectivity index (χ0n) is 13.7. The lowest BCUT2D eigenvalue weighted by molar-refractivity contribution is 0.139. The van der Waals surface area contributed by atoms with Gasteiger partial charge in [0.15, 0.2) is 0 Å². The molecule has 0 aromatic heterocycles. The van der Waals surface area contributed by atoms with Gasteiger partial charge in [0.1, 0.15) is 5.75 Å². The minimum absolute atomic E-state index is 0.133. The van der Waals surface area contributed by atoms with Crippen molar-refractivity contribution in [2.75, 3.05) is 7.11 Å². The number of nitrogens with two attached hydrogens (primary N) is 1. The molecule has 0 heterocycles. The minimum Gasteiger partial charge on any atom is -0.496 e. The van der Waals surface area contributed by atoms with Crippen LogP contribution < -0.4 is 10.5 Å². The Morgan fingerprint density at radius 1 is 1.19 bits per heavy atom. The summed E-state index contributed by atoms with van der Waals surface area (Å²) in [6, 6.07) is 6.34. The van der Waals surface area contributed by atoms with E-state index in [4.69, 9.17) is 10.5 Å². The van der Waals surface area contributed by atoms with Crippen LogP contribution in [-0.2, 0) is 0 Å². The Labute approximate surface area is 137 Å². The Morgan fingerprint density at radius 3 is 2.29 bits per heavy atom. The maximum absolute atomic E-state index is 6.52. The van der Waals surface area contributed by atoms with E-state index in [0.29, 0.717) is 11.3 Å². The summed E-state index contributed by atoms with van der Waals surface area (Å²) in [7, 11) is 1.69. The summed E-state index contributed by atoms with van der Waals surface area (Å²) in [4.78, 5) is 0. The monoisotopic (exact) mass is 353 g/mol. The van der Waals surface area contributed by atoms with Crippen molar-refractivity contribution in [3.63, 3.8) is 0 Å². The number of benzene rings is 1. The van der Waals surface area contributed by atoms with Gasteiger partial charge in [-0.25, -0.2) is 0 Å². The highest BCUT2D eigenvalue weighted by Crippen LogP contribution is 2.43. The van der Waals surface area contributed by atoms with Crippen molar-refractivity contribution in [1.82, 2.24) is 0 Å². The first-order chi connectivity index (χ1) is 9.82. The lowest BCUT2D eigenvalue weighted by Gasteiger charge is -2.38. The third-order valence-corrected chi connectivity index (χ3v) is 5.68. The summed E-state index contributed by atoms with van der Waals surface area (Å²) in [6.45, 7) is 7.08. The highest BCUT2D eigenvalue weighted by atomic mass is 79.9. The van der Waals surface area contributed by atoms with Gasteiger partial charge in [-0.15, -0.1) is 0 Å². The first-order valence-corrected chi connectivity index (χ1v) is 8.71. The average molecular weight is 354 g/mol. The summed E-state index contributed by atoms with van der Waals surface area (Å²) in [5.41, 5.74) is 8.16. The smallest absolute Gasteiger partial charge is 0.133 e. The fourth-order valence-electron chi connectivity index (χ4n) is 3.51. The molecule has 1 unspecified atom stereocenters. The van der Waals surface area contributed by atoms with Crippen molar-refractivity contribution in [3.05, 3.63) is 28.2 Å². The molecule has 1 saturated carbocycles. The molecule has 0 amide bonds. The molecule has 1 atom stereocenters. The minimum atomic E-state index is 0.133. The van der Waals surface area contributed by atoms with E-state index in [1.165, 1.54) is 31.2 Å². The van der Waals surface area contributed by atoms with E-state index in [9.17, 15) is 0 Å². The van der Waals surface area contributed by atoms with Gasteiger partial charge in [0.25, 0.3) is 0 Å². The average Bonchev–Trinajstić information content (AvgIpc) is 2.45. The van der Waals surface area contributed by atoms with Crippen LogP contribution in [0.5, 0.6) is 5.75 Å². The van der Waals surface area contributed by atoms with E-state index >= 15 is 0 Å². The van der Waals surface area contributed by atoms with Crippen LogP contribution in [0.25, 0.3) is 0 Å². The van der Waals surface area contributed by atoms with Crippen LogP contribution in [-0.4, -0.2) is 7.11 Å². The zero-order valence-corrected chi connectivity index (χ0v) is 15.2. The molecule has 0 bridgehead atoms.